The fraction of sp³-hybridized carbons (Fsp3) is 0.545. The molecule has 5 heteroatoms. The van der Waals surface area contributed by atoms with E-state index in [9.17, 15) is 13.2 Å². The highest BCUT2D eigenvalue weighted by Crippen LogP contribution is 2.36. The lowest BCUT2D eigenvalue weighted by molar-refractivity contribution is -0.139. The second-order valence-corrected chi connectivity index (χ2v) is 3.52. The van der Waals surface area contributed by atoms with Gasteiger partial charge in [0, 0.05) is 5.69 Å². The van der Waals surface area contributed by atoms with Crippen LogP contribution in [0.1, 0.15) is 31.0 Å². The van der Waals surface area contributed by atoms with Crippen molar-refractivity contribution in [3.63, 3.8) is 0 Å². The number of unbranched alkanes of at least 4 members (excludes halogenated alkanes) is 1. The second-order valence-electron chi connectivity index (χ2n) is 3.52. The van der Waals surface area contributed by atoms with Crippen molar-refractivity contribution >= 4 is 0 Å². The predicted molar refractivity (Wildman–Crippen MR) is 54.4 cm³/mol. The average Bonchev–Trinajstić information content (AvgIpc) is 2.19. The number of nitrogens with zero attached hydrogens (tertiary/aromatic N) is 1. The summed E-state index contributed by atoms with van der Waals surface area (Å²) in [5.74, 6) is -0.188. The van der Waals surface area contributed by atoms with Gasteiger partial charge in [0.1, 0.15) is 11.3 Å². The Morgan fingerprint density at radius 1 is 1.38 bits per heavy atom. The zero-order chi connectivity index (χ0) is 12.2. The number of hydrogen-bond acceptors (Lipinski definition) is 2. The van der Waals surface area contributed by atoms with Crippen LogP contribution in [0.15, 0.2) is 12.3 Å². The van der Waals surface area contributed by atoms with Gasteiger partial charge in [-0.25, -0.2) is 0 Å². The summed E-state index contributed by atoms with van der Waals surface area (Å²) in [5, 5.41) is 0. The summed E-state index contributed by atoms with van der Waals surface area (Å²) in [6.07, 6.45) is -1.66. The van der Waals surface area contributed by atoms with E-state index in [1.807, 2.05) is 6.92 Å². The van der Waals surface area contributed by atoms with Crippen LogP contribution in [0.2, 0.25) is 0 Å². The van der Waals surface area contributed by atoms with Gasteiger partial charge in [-0.3, -0.25) is 4.98 Å². The molecule has 1 rings (SSSR count). The van der Waals surface area contributed by atoms with E-state index >= 15 is 0 Å². The van der Waals surface area contributed by atoms with Crippen LogP contribution in [0, 0.1) is 6.92 Å². The highest BCUT2D eigenvalue weighted by Gasteiger charge is 2.34. The summed E-state index contributed by atoms with van der Waals surface area (Å²) in [6, 6.07) is 1.00. The van der Waals surface area contributed by atoms with Crippen molar-refractivity contribution in [1.29, 1.82) is 0 Å². The number of rotatable bonds is 4. The zero-order valence-corrected chi connectivity index (χ0v) is 9.27. The van der Waals surface area contributed by atoms with Gasteiger partial charge < -0.3 is 4.74 Å². The molecule has 0 aliphatic heterocycles. The van der Waals surface area contributed by atoms with E-state index in [-0.39, 0.29) is 12.4 Å². The first-order valence-electron chi connectivity index (χ1n) is 5.11. The minimum Gasteiger partial charge on any atom is -0.491 e. The van der Waals surface area contributed by atoms with Gasteiger partial charge in [-0.1, -0.05) is 13.3 Å². The molecule has 90 valence electrons. The third-order valence-corrected chi connectivity index (χ3v) is 2.06. The lowest BCUT2D eigenvalue weighted by Crippen LogP contribution is -2.10. The molecule has 0 unspecified atom stereocenters. The van der Waals surface area contributed by atoms with Crippen molar-refractivity contribution < 1.29 is 17.9 Å². The average molecular weight is 233 g/mol. The van der Waals surface area contributed by atoms with Crippen LogP contribution in [0.25, 0.3) is 0 Å². The topological polar surface area (TPSA) is 22.1 Å². The Labute approximate surface area is 92.5 Å². The largest absolute Gasteiger partial charge is 0.491 e. The molecule has 0 fully saturated rings. The highest BCUT2D eigenvalue weighted by molar-refractivity contribution is 5.34. The molecule has 0 aliphatic rings. The SMILES string of the molecule is CCCCOc1cnc(C)cc1C(F)(F)F. The van der Waals surface area contributed by atoms with E-state index < -0.39 is 11.7 Å². The number of alkyl halides is 3. The Bertz CT molecular complexity index is 350. The van der Waals surface area contributed by atoms with Gasteiger partial charge in [-0.2, -0.15) is 13.2 Å². The van der Waals surface area contributed by atoms with Gasteiger partial charge in [-0.05, 0) is 19.4 Å². The standard InChI is InChI=1S/C11H14F3NO/c1-3-4-5-16-10-7-15-8(2)6-9(10)11(12,13)14/h6-7H,3-5H2,1-2H3. The first kappa shape index (κ1) is 12.8. The number of hydrogen-bond donors (Lipinski definition) is 0. The Hall–Kier alpha value is -1.26. The summed E-state index contributed by atoms with van der Waals surface area (Å²) in [6.45, 7) is 3.75. The van der Waals surface area contributed by atoms with Gasteiger partial charge in [0.25, 0.3) is 0 Å². The molecular weight excluding hydrogens is 219 g/mol. The molecule has 0 spiro atoms. The van der Waals surface area contributed by atoms with E-state index in [1.165, 1.54) is 6.92 Å². The number of aryl methyl sites for hydroxylation is 1. The van der Waals surface area contributed by atoms with E-state index in [0.717, 1.165) is 25.1 Å². The molecule has 0 aliphatic carbocycles. The normalized spacial score (nSPS) is 11.6. The predicted octanol–water partition coefficient (Wildman–Crippen LogP) is 3.59. The van der Waals surface area contributed by atoms with Crippen LogP contribution >= 0.6 is 0 Å². The number of pyridine rings is 1. The summed E-state index contributed by atoms with van der Waals surface area (Å²) in [7, 11) is 0. The van der Waals surface area contributed by atoms with Crippen LogP contribution in [0.5, 0.6) is 5.75 Å². The molecule has 0 N–H and O–H groups in total. The van der Waals surface area contributed by atoms with Crippen molar-refractivity contribution in [1.82, 2.24) is 4.98 Å². The van der Waals surface area contributed by atoms with Gasteiger partial charge in [-0.15, -0.1) is 0 Å². The van der Waals surface area contributed by atoms with E-state index in [1.54, 1.807) is 0 Å². The summed E-state index contributed by atoms with van der Waals surface area (Å²) in [5.41, 5.74) is -0.425. The third kappa shape index (κ3) is 3.40. The maximum absolute atomic E-state index is 12.6. The van der Waals surface area contributed by atoms with E-state index in [0.29, 0.717) is 5.69 Å². The Morgan fingerprint density at radius 2 is 2.06 bits per heavy atom. The number of halogens is 3. The first-order valence-corrected chi connectivity index (χ1v) is 5.11. The number of ether oxygens (including phenoxy) is 1. The quantitative estimate of drug-likeness (QED) is 0.741. The Balaban J connectivity index is 2.90. The fourth-order valence-corrected chi connectivity index (χ4v) is 1.21. The maximum atomic E-state index is 12.6. The van der Waals surface area contributed by atoms with Crippen molar-refractivity contribution in [2.75, 3.05) is 6.61 Å². The molecule has 0 atom stereocenters. The molecule has 0 saturated heterocycles. The summed E-state index contributed by atoms with van der Waals surface area (Å²) < 4.78 is 43.0. The van der Waals surface area contributed by atoms with Crippen LogP contribution in [0.4, 0.5) is 13.2 Å². The molecule has 0 radical (unpaired) electrons. The minimum atomic E-state index is -4.39. The lowest BCUT2D eigenvalue weighted by atomic mass is 10.2. The Kier molecular flexibility index (Phi) is 4.15. The molecule has 2 nitrogen and oxygen atoms in total. The molecular formula is C11H14F3NO. The van der Waals surface area contributed by atoms with Gasteiger partial charge in [0.15, 0.2) is 0 Å². The molecule has 1 aromatic rings. The molecule has 16 heavy (non-hydrogen) atoms. The van der Waals surface area contributed by atoms with Crippen molar-refractivity contribution in [2.24, 2.45) is 0 Å². The van der Waals surface area contributed by atoms with Crippen LogP contribution in [-0.4, -0.2) is 11.6 Å². The summed E-state index contributed by atoms with van der Waals surface area (Å²) >= 11 is 0. The van der Waals surface area contributed by atoms with Gasteiger partial charge in [0.05, 0.1) is 12.8 Å². The highest BCUT2D eigenvalue weighted by atomic mass is 19.4. The zero-order valence-electron chi connectivity index (χ0n) is 9.27. The van der Waals surface area contributed by atoms with Crippen LogP contribution < -0.4 is 4.74 Å². The monoisotopic (exact) mass is 233 g/mol. The second kappa shape index (κ2) is 5.18. The third-order valence-electron chi connectivity index (χ3n) is 2.06. The van der Waals surface area contributed by atoms with Crippen molar-refractivity contribution in [3.05, 3.63) is 23.5 Å². The summed E-state index contributed by atoms with van der Waals surface area (Å²) in [4.78, 5) is 3.81. The van der Waals surface area contributed by atoms with Crippen LogP contribution in [0.3, 0.4) is 0 Å². The number of aromatic nitrogens is 1. The molecule has 0 bridgehead atoms. The Morgan fingerprint density at radius 3 is 2.62 bits per heavy atom. The fourth-order valence-electron chi connectivity index (χ4n) is 1.21. The van der Waals surface area contributed by atoms with Gasteiger partial charge in [0.2, 0.25) is 0 Å². The van der Waals surface area contributed by atoms with Gasteiger partial charge >= 0.3 is 6.18 Å². The van der Waals surface area contributed by atoms with Crippen LogP contribution in [-0.2, 0) is 6.18 Å². The maximum Gasteiger partial charge on any atom is 0.420 e. The molecule has 0 amide bonds. The molecule has 0 saturated carbocycles. The first-order chi connectivity index (χ1) is 7.45. The smallest absolute Gasteiger partial charge is 0.420 e. The molecule has 1 heterocycles. The minimum absolute atomic E-state index is 0.188. The van der Waals surface area contributed by atoms with E-state index in [2.05, 4.69) is 4.98 Å². The lowest BCUT2D eigenvalue weighted by Gasteiger charge is -2.13. The van der Waals surface area contributed by atoms with Crippen molar-refractivity contribution in [2.45, 2.75) is 32.9 Å². The molecule has 1 aromatic heterocycles. The van der Waals surface area contributed by atoms with E-state index in [4.69, 9.17) is 4.74 Å². The van der Waals surface area contributed by atoms with Crippen molar-refractivity contribution in [3.8, 4) is 5.75 Å². The molecule has 0 aromatic carbocycles.